The molecule has 1 atom stereocenters. The van der Waals surface area contributed by atoms with Crippen LogP contribution in [0, 0.1) is 17.2 Å². The van der Waals surface area contributed by atoms with Gasteiger partial charge in [-0.05, 0) is 42.8 Å². The van der Waals surface area contributed by atoms with E-state index in [1.165, 1.54) is 0 Å². The highest BCUT2D eigenvalue weighted by atomic mass is 32.1. The van der Waals surface area contributed by atoms with Crippen LogP contribution in [-0.4, -0.2) is 29.5 Å². The number of rotatable bonds is 7. The Balaban J connectivity index is 2.46. The maximum atomic E-state index is 11.9. The van der Waals surface area contributed by atoms with Gasteiger partial charge in [0.05, 0.1) is 18.2 Å². The van der Waals surface area contributed by atoms with Crippen LogP contribution in [0.25, 0.3) is 0 Å². The molecule has 0 radical (unpaired) electrons. The molecule has 5 N–H and O–H groups in total. The van der Waals surface area contributed by atoms with E-state index in [-0.39, 0.29) is 23.5 Å². The lowest BCUT2D eigenvalue weighted by Gasteiger charge is -2.18. The zero-order chi connectivity index (χ0) is 18.1. The fraction of sp³-hybridized carbons (Fsp3) is 0.375. The molecule has 8 heteroatoms. The molecular formula is C16H21N5O2S. The van der Waals surface area contributed by atoms with Crippen LogP contribution in [0.1, 0.15) is 25.8 Å². The van der Waals surface area contributed by atoms with Crippen LogP contribution < -0.4 is 21.7 Å². The molecule has 128 valence electrons. The molecule has 0 heterocycles. The van der Waals surface area contributed by atoms with Gasteiger partial charge < -0.3 is 21.7 Å². The van der Waals surface area contributed by atoms with Gasteiger partial charge in [-0.3, -0.25) is 9.59 Å². The summed E-state index contributed by atoms with van der Waals surface area (Å²) >= 11 is 5.09. The molecule has 0 aliphatic rings. The molecular weight excluding hydrogens is 326 g/mol. The lowest BCUT2D eigenvalue weighted by Crippen LogP contribution is -2.48. The summed E-state index contributed by atoms with van der Waals surface area (Å²) in [4.78, 5) is 23.2. The highest BCUT2D eigenvalue weighted by molar-refractivity contribution is 7.80. The zero-order valence-electron chi connectivity index (χ0n) is 13.6. The van der Waals surface area contributed by atoms with Crippen LogP contribution in [0.4, 0.5) is 5.69 Å². The number of nitrogens with zero attached hydrogens (tertiary/aromatic N) is 1. The average molecular weight is 347 g/mol. The smallest absolute Gasteiger partial charge is 0.240 e. The predicted molar refractivity (Wildman–Crippen MR) is 96.0 cm³/mol. The van der Waals surface area contributed by atoms with Crippen LogP contribution >= 0.6 is 12.2 Å². The van der Waals surface area contributed by atoms with Gasteiger partial charge in [0.25, 0.3) is 0 Å². The third-order valence-corrected chi connectivity index (χ3v) is 3.29. The molecule has 24 heavy (non-hydrogen) atoms. The topological polar surface area (TPSA) is 120 Å². The number of amides is 2. The molecule has 0 aliphatic heterocycles. The van der Waals surface area contributed by atoms with Crippen molar-refractivity contribution in [2.24, 2.45) is 11.7 Å². The number of benzene rings is 1. The highest BCUT2D eigenvalue weighted by Crippen LogP contribution is 2.09. The SMILES string of the molecule is CC(C)CC(NC(=O)CNC(=S)Nc1cccc(C#N)c1)C(N)=O. The first-order valence-corrected chi connectivity index (χ1v) is 7.86. The first-order chi connectivity index (χ1) is 11.3. The largest absolute Gasteiger partial charge is 0.368 e. The molecule has 1 unspecified atom stereocenters. The second-order valence-corrected chi connectivity index (χ2v) is 6.06. The minimum atomic E-state index is -0.701. The summed E-state index contributed by atoms with van der Waals surface area (Å²) in [6.07, 6.45) is 0.477. The van der Waals surface area contributed by atoms with Crippen LogP contribution in [0.5, 0.6) is 0 Å². The van der Waals surface area contributed by atoms with E-state index in [0.29, 0.717) is 17.7 Å². The van der Waals surface area contributed by atoms with Crippen molar-refractivity contribution in [3.63, 3.8) is 0 Å². The van der Waals surface area contributed by atoms with Crippen molar-refractivity contribution in [1.82, 2.24) is 10.6 Å². The van der Waals surface area contributed by atoms with E-state index in [0.717, 1.165) is 0 Å². The van der Waals surface area contributed by atoms with Gasteiger partial charge in [0.2, 0.25) is 11.8 Å². The Hall–Kier alpha value is -2.66. The Morgan fingerprint density at radius 1 is 1.38 bits per heavy atom. The predicted octanol–water partition coefficient (Wildman–Crippen LogP) is 0.861. The van der Waals surface area contributed by atoms with E-state index in [1.807, 2.05) is 19.9 Å². The molecule has 0 saturated heterocycles. The van der Waals surface area contributed by atoms with Gasteiger partial charge in [-0.2, -0.15) is 5.26 Å². The summed E-state index contributed by atoms with van der Waals surface area (Å²) in [5, 5.41) is 17.3. The molecule has 0 saturated carbocycles. The lowest BCUT2D eigenvalue weighted by atomic mass is 10.0. The van der Waals surface area contributed by atoms with E-state index in [9.17, 15) is 9.59 Å². The fourth-order valence-corrected chi connectivity index (χ4v) is 2.16. The van der Waals surface area contributed by atoms with Crippen LogP contribution in [0.2, 0.25) is 0 Å². The summed E-state index contributed by atoms with van der Waals surface area (Å²) in [6.45, 7) is 3.79. The molecule has 7 nitrogen and oxygen atoms in total. The first kappa shape index (κ1) is 19.4. The van der Waals surface area contributed by atoms with Crippen LogP contribution in [0.3, 0.4) is 0 Å². The monoisotopic (exact) mass is 347 g/mol. The standard InChI is InChI=1S/C16H21N5O2S/c1-10(2)6-13(15(18)23)21-14(22)9-19-16(24)20-12-5-3-4-11(7-12)8-17/h3-5,7,10,13H,6,9H2,1-2H3,(H2,18,23)(H,21,22)(H2,19,20,24). The third kappa shape index (κ3) is 7.07. The van der Waals surface area contributed by atoms with Crippen LogP contribution in [-0.2, 0) is 9.59 Å². The molecule has 0 aliphatic carbocycles. The Kier molecular flexibility index (Phi) is 7.65. The molecule has 0 bridgehead atoms. The van der Waals surface area contributed by atoms with Crippen molar-refractivity contribution in [3.8, 4) is 6.07 Å². The summed E-state index contributed by atoms with van der Waals surface area (Å²) < 4.78 is 0. The van der Waals surface area contributed by atoms with Crippen molar-refractivity contribution in [3.05, 3.63) is 29.8 Å². The number of nitriles is 1. The van der Waals surface area contributed by atoms with Crippen molar-refractivity contribution in [1.29, 1.82) is 5.26 Å². The number of carbonyl (C=O) groups excluding carboxylic acids is 2. The summed E-state index contributed by atoms with van der Waals surface area (Å²) in [7, 11) is 0. The maximum absolute atomic E-state index is 11.9. The average Bonchev–Trinajstić information content (AvgIpc) is 2.52. The Labute approximate surface area is 146 Å². The summed E-state index contributed by atoms with van der Waals surface area (Å²) in [5.41, 5.74) is 6.42. The normalized spacial score (nSPS) is 11.2. The lowest BCUT2D eigenvalue weighted by molar-refractivity contribution is -0.127. The second-order valence-electron chi connectivity index (χ2n) is 5.65. The molecule has 1 rings (SSSR count). The highest BCUT2D eigenvalue weighted by Gasteiger charge is 2.19. The minimum Gasteiger partial charge on any atom is -0.368 e. The molecule has 0 spiro atoms. The maximum Gasteiger partial charge on any atom is 0.240 e. The number of primary amides is 1. The molecule has 0 aromatic heterocycles. The van der Waals surface area contributed by atoms with Gasteiger partial charge in [-0.25, -0.2) is 0 Å². The summed E-state index contributed by atoms with van der Waals surface area (Å²) in [6, 6.07) is 8.11. The molecule has 0 fully saturated rings. The van der Waals surface area contributed by atoms with Crippen molar-refractivity contribution in [2.45, 2.75) is 26.3 Å². The number of hydrogen-bond donors (Lipinski definition) is 4. The first-order valence-electron chi connectivity index (χ1n) is 7.45. The molecule has 2 amide bonds. The van der Waals surface area contributed by atoms with E-state index < -0.39 is 11.9 Å². The van der Waals surface area contributed by atoms with E-state index >= 15 is 0 Å². The van der Waals surface area contributed by atoms with Gasteiger partial charge >= 0.3 is 0 Å². The minimum absolute atomic E-state index is 0.0916. The van der Waals surface area contributed by atoms with Gasteiger partial charge in [-0.1, -0.05) is 19.9 Å². The van der Waals surface area contributed by atoms with E-state index in [1.54, 1.807) is 24.3 Å². The molecule has 1 aromatic carbocycles. The number of hydrogen-bond acceptors (Lipinski definition) is 4. The van der Waals surface area contributed by atoms with Gasteiger partial charge in [-0.15, -0.1) is 0 Å². The number of anilines is 1. The quantitative estimate of drug-likeness (QED) is 0.543. The fourth-order valence-electron chi connectivity index (χ4n) is 1.97. The number of nitrogens with one attached hydrogen (secondary N) is 3. The Morgan fingerprint density at radius 2 is 2.08 bits per heavy atom. The Bertz CT molecular complexity index is 654. The third-order valence-electron chi connectivity index (χ3n) is 3.04. The van der Waals surface area contributed by atoms with E-state index in [4.69, 9.17) is 23.2 Å². The van der Waals surface area contributed by atoms with Gasteiger partial charge in [0.15, 0.2) is 5.11 Å². The second kappa shape index (κ2) is 9.47. The molecule has 1 aromatic rings. The Morgan fingerprint density at radius 3 is 2.67 bits per heavy atom. The number of carbonyl (C=O) groups is 2. The van der Waals surface area contributed by atoms with Gasteiger partial charge in [0, 0.05) is 5.69 Å². The van der Waals surface area contributed by atoms with Crippen molar-refractivity contribution < 1.29 is 9.59 Å². The number of thiocarbonyl (C=S) groups is 1. The zero-order valence-corrected chi connectivity index (χ0v) is 14.4. The van der Waals surface area contributed by atoms with Crippen molar-refractivity contribution >= 4 is 34.8 Å². The van der Waals surface area contributed by atoms with Crippen LogP contribution in [0.15, 0.2) is 24.3 Å². The van der Waals surface area contributed by atoms with Gasteiger partial charge in [0.1, 0.15) is 6.04 Å². The van der Waals surface area contributed by atoms with E-state index in [2.05, 4.69) is 16.0 Å². The summed E-state index contributed by atoms with van der Waals surface area (Å²) in [5.74, 6) is -0.716. The number of nitrogens with two attached hydrogens (primary N) is 1. The van der Waals surface area contributed by atoms with Crippen molar-refractivity contribution in [2.75, 3.05) is 11.9 Å².